The molecule has 0 aliphatic carbocycles. The van der Waals surface area contributed by atoms with Gasteiger partial charge in [0.2, 0.25) is 0 Å². The molecule has 234 valence electrons. The predicted octanol–water partition coefficient (Wildman–Crippen LogP) is 7.05. The summed E-state index contributed by atoms with van der Waals surface area (Å²) in [5.74, 6) is 0.742. The monoisotopic (exact) mass is 603 g/mol. The SMILES string of the molecule is O=CCN(NCC(CCCN1CCC(Cc2ccccc2)CC1)(c1ccccc1)c1ccccc1)C(=O)OCc1ccccc1. The van der Waals surface area contributed by atoms with Crippen LogP contribution < -0.4 is 5.43 Å². The van der Waals surface area contributed by atoms with Crippen molar-refractivity contribution in [2.45, 2.75) is 44.1 Å². The van der Waals surface area contributed by atoms with Crippen LogP contribution in [0.4, 0.5) is 4.79 Å². The lowest BCUT2D eigenvalue weighted by Crippen LogP contribution is -2.51. The molecular formula is C39H45N3O3. The third-order valence-electron chi connectivity index (χ3n) is 9.06. The van der Waals surface area contributed by atoms with Crippen LogP contribution in [-0.4, -0.2) is 55.0 Å². The molecule has 1 aliphatic rings. The molecular weight excluding hydrogens is 558 g/mol. The zero-order valence-electron chi connectivity index (χ0n) is 26.1. The van der Waals surface area contributed by atoms with E-state index in [1.54, 1.807) is 0 Å². The fraction of sp³-hybridized carbons (Fsp3) is 0.333. The number of hydrogen-bond acceptors (Lipinski definition) is 5. The quantitative estimate of drug-likeness (QED) is 0.117. The zero-order chi connectivity index (χ0) is 31.2. The Kier molecular flexibility index (Phi) is 11.9. The molecule has 0 bridgehead atoms. The van der Waals surface area contributed by atoms with Crippen molar-refractivity contribution in [2.75, 3.05) is 32.7 Å². The molecule has 0 spiro atoms. The van der Waals surface area contributed by atoms with Gasteiger partial charge in [-0.05, 0) is 79.9 Å². The first-order valence-corrected chi connectivity index (χ1v) is 16.2. The van der Waals surface area contributed by atoms with Crippen molar-refractivity contribution >= 4 is 12.4 Å². The molecule has 0 radical (unpaired) electrons. The highest BCUT2D eigenvalue weighted by molar-refractivity contribution is 5.70. The summed E-state index contributed by atoms with van der Waals surface area (Å²) >= 11 is 0. The van der Waals surface area contributed by atoms with Gasteiger partial charge in [0.05, 0.1) is 6.54 Å². The number of nitrogens with zero attached hydrogens (tertiary/aromatic N) is 2. The molecule has 1 aliphatic heterocycles. The van der Waals surface area contributed by atoms with Crippen LogP contribution in [0.3, 0.4) is 0 Å². The van der Waals surface area contributed by atoms with Crippen LogP contribution in [0.5, 0.6) is 0 Å². The summed E-state index contributed by atoms with van der Waals surface area (Å²) in [5.41, 5.74) is 7.58. The molecule has 1 fully saturated rings. The van der Waals surface area contributed by atoms with Crippen LogP contribution in [0.15, 0.2) is 121 Å². The number of rotatable bonds is 15. The minimum atomic E-state index is -0.570. The highest BCUT2D eigenvalue weighted by Crippen LogP contribution is 2.37. The van der Waals surface area contributed by atoms with Crippen LogP contribution in [0.2, 0.25) is 0 Å². The number of aldehydes is 1. The second-order valence-electron chi connectivity index (χ2n) is 12.0. The first-order chi connectivity index (χ1) is 22.2. The van der Waals surface area contributed by atoms with E-state index in [9.17, 15) is 9.59 Å². The molecule has 45 heavy (non-hydrogen) atoms. The van der Waals surface area contributed by atoms with Crippen LogP contribution in [0.25, 0.3) is 0 Å². The number of nitrogens with one attached hydrogen (secondary N) is 1. The minimum Gasteiger partial charge on any atom is -0.444 e. The van der Waals surface area contributed by atoms with E-state index in [1.165, 1.54) is 34.5 Å². The van der Waals surface area contributed by atoms with E-state index < -0.39 is 11.5 Å². The van der Waals surface area contributed by atoms with Gasteiger partial charge in [-0.3, -0.25) is 0 Å². The first-order valence-electron chi connectivity index (χ1n) is 16.2. The van der Waals surface area contributed by atoms with E-state index >= 15 is 0 Å². The number of carbonyl (C=O) groups excluding carboxylic acids is 2. The minimum absolute atomic E-state index is 0.106. The standard InChI is InChI=1S/C39H45N3O3/c43-29-28-42(38(44)45-31-35-16-7-2-8-17-35)40-32-39(36-18-9-3-10-19-36,37-20-11-4-12-21-37)24-13-25-41-26-22-34(23-27-41)30-33-14-5-1-6-15-33/h1-12,14-21,29,34,40H,13,22-28,30-32H2. The summed E-state index contributed by atoms with van der Waals surface area (Å²) in [4.78, 5) is 27.4. The molecule has 1 heterocycles. The number of hydrazine groups is 1. The highest BCUT2D eigenvalue weighted by Gasteiger charge is 2.35. The van der Waals surface area contributed by atoms with Gasteiger partial charge >= 0.3 is 6.09 Å². The van der Waals surface area contributed by atoms with Crippen LogP contribution in [0, 0.1) is 5.92 Å². The molecule has 1 N–H and O–H groups in total. The average Bonchev–Trinajstić information content (AvgIpc) is 3.10. The Labute approximate surface area is 268 Å². The summed E-state index contributed by atoms with van der Waals surface area (Å²) in [6.07, 6.45) is 5.66. The van der Waals surface area contributed by atoms with E-state index in [2.05, 4.69) is 89.2 Å². The van der Waals surface area contributed by atoms with E-state index in [4.69, 9.17) is 4.74 Å². The number of amides is 1. The Balaban J connectivity index is 1.27. The zero-order valence-corrected chi connectivity index (χ0v) is 26.1. The molecule has 1 saturated heterocycles. The summed E-state index contributed by atoms with van der Waals surface area (Å²) < 4.78 is 5.58. The first kappa shape index (κ1) is 32.1. The molecule has 6 heteroatoms. The Morgan fingerprint density at radius 2 is 1.33 bits per heavy atom. The van der Waals surface area contributed by atoms with E-state index in [-0.39, 0.29) is 13.2 Å². The Morgan fingerprint density at radius 3 is 1.89 bits per heavy atom. The van der Waals surface area contributed by atoms with Gasteiger partial charge < -0.3 is 14.4 Å². The summed E-state index contributed by atoms with van der Waals surface area (Å²) in [6.45, 7) is 3.75. The number of benzene rings is 4. The van der Waals surface area contributed by atoms with Gasteiger partial charge in [-0.2, -0.15) is 0 Å². The third-order valence-corrected chi connectivity index (χ3v) is 9.06. The Morgan fingerprint density at radius 1 is 0.800 bits per heavy atom. The van der Waals surface area contributed by atoms with Crippen molar-refractivity contribution in [2.24, 2.45) is 5.92 Å². The number of hydrogen-bond donors (Lipinski definition) is 1. The molecule has 5 rings (SSSR count). The van der Waals surface area contributed by atoms with E-state index in [0.29, 0.717) is 6.54 Å². The Hall–Kier alpha value is -4.26. The smallest absolute Gasteiger partial charge is 0.424 e. The molecule has 6 nitrogen and oxygen atoms in total. The largest absolute Gasteiger partial charge is 0.444 e. The normalized spacial score (nSPS) is 14.1. The molecule has 0 saturated carbocycles. The van der Waals surface area contributed by atoms with Crippen molar-refractivity contribution in [1.82, 2.24) is 15.3 Å². The summed E-state index contributed by atoms with van der Waals surface area (Å²) in [7, 11) is 0. The lowest BCUT2D eigenvalue weighted by Gasteiger charge is -2.38. The van der Waals surface area contributed by atoms with Crippen LogP contribution in [0.1, 0.15) is 47.9 Å². The fourth-order valence-corrected chi connectivity index (χ4v) is 6.53. The molecule has 4 aromatic rings. The highest BCUT2D eigenvalue weighted by atomic mass is 16.6. The van der Waals surface area contributed by atoms with Gasteiger partial charge in [0.25, 0.3) is 0 Å². The number of ether oxygens (including phenoxy) is 1. The van der Waals surface area contributed by atoms with Gasteiger partial charge in [0, 0.05) is 12.0 Å². The van der Waals surface area contributed by atoms with Gasteiger partial charge in [0.15, 0.2) is 0 Å². The third kappa shape index (κ3) is 9.13. The maximum absolute atomic E-state index is 13.1. The topological polar surface area (TPSA) is 61.9 Å². The second-order valence-corrected chi connectivity index (χ2v) is 12.0. The number of carbonyl (C=O) groups is 2. The van der Waals surface area contributed by atoms with Gasteiger partial charge in [-0.15, -0.1) is 0 Å². The summed E-state index contributed by atoms with van der Waals surface area (Å²) in [5, 5.41) is 1.30. The fourth-order valence-electron chi connectivity index (χ4n) is 6.53. The predicted molar refractivity (Wildman–Crippen MR) is 180 cm³/mol. The maximum atomic E-state index is 13.1. The van der Waals surface area contributed by atoms with Crippen molar-refractivity contribution in [1.29, 1.82) is 0 Å². The lowest BCUT2D eigenvalue weighted by atomic mass is 9.71. The Bertz CT molecular complexity index is 1390. The lowest BCUT2D eigenvalue weighted by molar-refractivity contribution is -0.109. The van der Waals surface area contributed by atoms with Crippen molar-refractivity contribution in [3.05, 3.63) is 144 Å². The molecule has 0 atom stereocenters. The van der Waals surface area contributed by atoms with Crippen molar-refractivity contribution in [3.8, 4) is 0 Å². The second kappa shape index (κ2) is 16.7. The molecule has 4 aromatic carbocycles. The number of likely N-dealkylation sites (tertiary alicyclic amines) is 1. The molecule has 0 unspecified atom stereocenters. The van der Waals surface area contributed by atoms with E-state index in [0.717, 1.165) is 56.7 Å². The maximum Gasteiger partial charge on any atom is 0.424 e. The van der Waals surface area contributed by atoms with Gasteiger partial charge in [-0.1, -0.05) is 121 Å². The van der Waals surface area contributed by atoms with Crippen LogP contribution >= 0.6 is 0 Å². The summed E-state index contributed by atoms with van der Waals surface area (Å²) in [6, 6.07) is 41.4. The van der Waals surface area contributed by atoms with E-state index in [1.807, 2.05) is 42.5 Å². The van der Waals surface area contributed by atoms with Gasteiger partial charge in [-0.25, -0.2) is 15.2 Å². The van der Waals surface area contributed by atoms with Crippen molar-refractivity contribution < 1.29 is 14.3 Å². The average molecular weight is 604 g/mol. The van der Waals surface area contributed by atoms with Gasteiger partial charge in [0.1, 0.15) is 12.9 Å². The number of piperidine rings is 1. The van der Waals surface area contributed by atoms with Crippen LogP contribution in [-0.2, 0) is 28.0 Å². The molecule has 1 amide bonds. The molecule has 0 aromatic heterocycles. The van der Waals surface area contributed by atoms with Crippen molar-refractivity contribution in [3.63, 3.8) is 0 Å².